The van der Waals surface area contributed by atoms with E-state index in [9.17, 15) is 9.50 Å². The fraction of sp³-hybridized carbons (Fsp3) is 0.600. The third kappa shape index (κ3) is 4.16. The third-order valence-electron chi connectivity index (χ3n) is 3.98. The van der Waals surface area contributed by atoms with Crippen LogP contribution in [0.1, 0.15) is 38.2 Å². The normalized spacial score (nSPS) is 27.5. The number of nitrogens with one attached hydrogen (secondary N) is 1. The molecule has 106 valence electrons. The maximum Gasteiger partial charge on any atom is 0.123 e. The van der Waals surface area contributed by atoms with Crippen LogP contribution in [0.5, 0.6) is 0 Å². The lowest BCUT2D eigenvalue weighted by Gasteiger charge is -2.35. The molecule has 0 amide bonds. The second-order valence-electron chi connectivity index (χ2n) is 5.75. The zero-order valence-corrected chi connectivity index (χ0v) is 12.0. The Balaban J connectivity index is 1.84. The van der Waals surface area contributed by atoms with E-state index in [-0.39, 0.29) is 5.82 Å². The van der Waals surface area contributed by atoms with Crippen LogP contribution in [0.2, 0.25) is 5.02 Å². The number of rotatable bonds is 4. The minimum atomic E-state index is -0.619. The van der Waals surface area contributed by atoms with Crippen molar-refractivity contribution in [3.8, 4) is 0 Å². The van der Waals surface area contributed by atoms with Crippen molar-refractivity contribution >= 4 is 11.6 Å². The quantitative estimate of drug-likeness (QED) is 0.887. The van der Waals surface area contributed by atoms with Crippen molar-refractivity contribution in [2.24, 2.45) is 5.92 Å². The van der Waals surface area contributed by atoms with Gasteiger partial charge in [0.05, 0.1) is 5.60 Å². The minimum Gasteiger partial charge on any atom is -0.389 e. The molecule has 4 heteroatoms. The third-order valence-corrected chi connectivity index (χ3v) is 4.35. The van der Waals surface area contributed by atoms with Crippen LogP contribution in [0, 0.1) is 11.7 Å². The van der Waals surface area contributed by atoms with Gasteiger partial charge in [0.2, 0.25) is 0 Å². The van der Waals surface area contributed by atoms with Gasteiger partial charge in [-0.15, -0.1) is 0 Å². The molecule has 0 aromatic heterocycles. The molecule has 0 bridgehead atoms. The predicted octanol–water partition coefficient (Wildman–Crippen LogP) is 3.51. The average molecular weight is 286 g/mol. The molecule has 0 saturated heterocycles. The number of aliphatic hydroxyl groups is 1. The summed E-state index contributed by atoms with van der Waals surface area (Å²) in [7, 11) is 0. The average Bonchev–Trinajstić information content (AvgIpc) is 2.38. The van der Waals surface area contributed by atoms with Gasteiger partial charge in [-0.1, -0.05) is 18.5 Å². The molecular formula is C15H21ClFNO. The zero-order valence-electron chi connectivity index (χ0n) is 11.3. The first kappa shape index (κ1) is 14.8. The summed E-state index contributed by atoms with van der Waals surface area (Å²) < 4.78 is 13.1. The summed E-state index contributed by atoms with van der Waals surface area (Å²) in [6.45, 7) is 3.24. The molecule has 1 aliphatic carbocycles. The fourth-order valence-electron chi connectivity index (χ4n) is 2.58. The van der Waals surface area contributed by atoms with Gasteiger partial charge in [0.1, 0.15) is 5.82 Å². The van der Waals surface area contributed by atoms with Crippen LogP contribution < -0.4 is 5.32 Å². The van der Waals surface area contributed by atoms with E-state index in [4.69, 9.17) is 11.6 Å². The van der Waals surface area contributed by atoms with Crippen LogP contribution in [0.25, 0.3) is 0 Å². The van der Waals surface area contributed by atoms with Crippen LogP contribution in [0.3, 0.4) is 0 Å². The lowest BCUT2D eigenvalue weighted by atomic mass is 9.79. The molecule has 2 rings (SSSR count). The minimum absolute atomic E-state index is 0.286. The van der Waals surface area contributed by atoms with Crippen LogP contribution in [0.15, 0.2) is 18.2 Å². The fourth-order valence-corrected chi connectivity index (χ4v) is 2.77. The van der Waals surface area contributed by atoms with E-state index >= 15 is 0 Å². The first-order valence-corrected chi connectivity index (χ1v) is 7.23. The summed E-state index contributed by atoms with van der Waals surface area (Å²) in [5.41, 5.74) is 0.112. The molecule has 1 aliphatic rings. The van der Waals surface area contributed by atoms with Crippen molar-refractivity contribution in [2.75, 3.05) is 6.54 Å². The molecule has 0 radical (unpaired) electrons. The Hall–Kier alpha value is -0.640. The van der Waals surface area contributed by atoms with Gasteiger partial charge in [-0.25, -0.2) is 4.39 Å². The predicted molar refractivity (Wildman–Crippen MR) is 75.7 cm³/mol. The Morgan fingerprint density at radius 3 is 2.79 bits per heavy atom. The molecule has 19 heavy (non-hydrogen) atoms. The molecule has 1 aromatic rings. The highest BCUT2D eigenvalue weighted by Gasteiger charge is 2.31. The summed E-state index contributed by atoms with van der Waals surface area (Å²) in [6, 6.07) is 4.34. The molecular weight excluding hydrogens is 265 g/mol. The summed E-state index contributed by atoms with van der Waals surface area (Å²) in [4.78, 5) is 0. The van der Waals surface area contributed by atoms with Crippen molar-refractivity contribution in [1.29, 1.82) is 0 Å². The van der Waals surface area contributed by atoms with Crippen molar-refractivity contribution in [1.82, 2.24) is 5.32 Å². The highest BCUT2D eigenvalue weighted by molar-refractivity contribution is 6.31. The summed E-state index contributed by atoms with van der Waals surface area (Å²) in [5, 5.41) is 14.2. The van der Waals surface area contributed by atoms with E-state index in [0.29, 0.717) is 24.0 Å². The maximum atomic E-state index is 13.1. The first-order valence-electron chi connectivity index (χ1n) is 6.85. The number of benzene rings is 1. The monoisotopic (exact) mass is 285 g/mol. The van der Waals surface area contributed by atoms with Crippen molar-refractivity contribution < 1.29 is 9.50 Å². The van der Waals surface area contributed by atoms with Gasteiger partial charge >= 0.3 is 0 Å². The zero-order chi connectivity index (χ0) is 13.9. The first-order chi connectivity index (χ1) is 8.98. The van der Waals surface area contributed by atoms with Crippen LogP contribution in [0.4, 0.5) is 4.39 Å². The maximum absolute atomic E-state index is 13.1. The largest absolute Gasteiger partial charge is 0.389 e. The second kappa shape index (κ2) is 6.21. The Labute approximate surface area is 119 Å². The number of hydrogen-bond acceptors (Lipinski definition) is 2. The van der Waals surface area contributed by atoms with Crippen LogP contribution >= 0.6 is 11.6 Å². The molecule has 0 aliphatic heterocycles. The number of hydrogen-bond donors (Lipinski definition) is 2. The van der Waals surface area contributed by atoms with E-state index in [1.54, 1.807) is 6.07 Å². The lowest BCUT2D eigenvalue weighted by Crippen LogP contribution is -2.43. The molecule has 1 fully saturated rings. The van der Waals surface area contributed by atoms with E-state index in [1.807, 2.05) is 0 Å². The van der Waals surface area contributed by atoms with Gasteiger partial charge in [0.15, 0.2) is 0 Å². The molecule has 0 atom stereocenters. The van der Waals surface area contributed by atoms with Crippen molar-refractivity contribution in [3.63, 3.8) is 0 Å². The van der Waals surface area contributed by atoms with E-state index in [1.165, 1.54) is 12.1 Å². The van der Waals surface area contributed by atoms with Crippen molar-refractivity contribution in [2.45, 2.75) is 44.8 Å². The molecule has 0 unspecified atom stereocenters. The highest BCUT2D eigenvalue weighted by atomic mass is 35.5. The van der Waals surface area contributed by atoms with Gasteiger partial charge in [-0.3, -0.25) is 0 Å². The van der Waals surface area contributed by atoms with Crippen LogP contribution in [-0.2, 0) is 6.54 Å². The Bertz CT molecular complexity index is 430. The van der Waals surface area contributed by atoms with Gasteiger partial charge in [0, 0.05) is 18.1 Å². The van der Waals surface area contributed by atoms with E-state index in [2.05, 4.69) is 12.2 Å². The molecule has 2 N–H and O–H groups in total. The van der Waals surface area contributed by atoms with Gasteiger partial charge in [0.25, 0.3) is 0 Å². The van der Waals surface area contributed by atoms with E-state index in [0.717, 1.165) is 31.2 Å². The van der Waals surface area contributed by atoms with Gasteiger partial charge in [-0.2, -0.15) is 0 Å². The second-order valence-corrected chi connectivity index (χ2v) is 6.15. The smallest absolute Gasteiger partial charge is 0.123 e. The molecule has 0 heterocycles. The Kier molecular flexibility index (Phi) is 4.82. The Morgan fingerprint density at radius 2 is 2.11 bits per heavy atom. The molecule has 2 nitrogen and oxygen atoms in total. The van der Waals surface area contributed by atoms with E-state index < -0.39 is 5.60 Å². The molecule has 1 aromatic carbocycles. The summed E-state index contributed by atoms with van der Waals surface area (Å²) >= 11 is 6.00. The highest BCUT2D eigenvalue weighted by Crippen LogP contribution is 2.31. The summed E-state index contributed by atoms with van der Waals surface area (Å²) in [5.74, 6) is 0.421. The molecule has 1 saturated carbocycles. The lowest BCUT2D eigenvalue weighted by molar-refractivity contribution is -0.00630. The Morgan fingerprint density at radius 1 is 1.42 bits per heavy atom. The number of halogens is 2. The van der Waals surface area contributed by atoms with Gasteiger partial charge < -0.3 is 10.4 Å². The molecule has 0 spiro atoms. The van der Waals surface area contributed by atoms with Gasteiger partial charge in [-0.05, 0) is 55.4 Å². The SMILES string of the molecule is CC1CCC(O)(CNCc2cc(F)ccc2Cl)CC1. The topological polar surface area (TPSA) is 32.3 Å². The summed E-state index contributed by atoms with van der Waals surface area (Å²) in [6.07, 6.45) is 3.80. The standard InChI is InChI=1S/C15H21ClFNO/c1-11-4-6-15(19,7-5-11)10-18-9-12-8-13(17)2-3-14(12)16/h2-3,8,11,18-19H,4-7,9-10H2,1H3. The van der Waals surface area contributed by atoms with Crippen molar-refractivity contribution in [3.05, 3.63) is 34.6 Å². The van der Waals surface area contributed by atoms with Crippen LogP contribution in [-0.4, -0.2) is 17.3 Å².